The van der Waals surface area contributed by atoms with Gasteiger partial charge in [0.15, 0.2) is 0 Å². The third-order valence-electron chi connectivity index (χ3n) is 2.29. The predicted octanol–water partition coefficient (Wildman–Crippen LogP) is 2.64. The topological polar surface area (TPSA) is 56.0 Å². The van der Waals surface area contributed by atoms with Crippen LogP contribution in [0.1, 0.15) is 19.4 Å². The first-order valence-electron chi connectivity index (χ1n) is 5.03. The molecule has 0 unspecified atom stereocenters. The molecule has 0 amide bonds. The monoisotopic (exact) mass is 238 g/mol. The Morgan fingerprint density at radius 3 is 2.75 bits per heavy atom. The fraction of sp³-hybridized carbons (Fsp3) is 0.417. The Morgan fingerprint density at radius 1 is 1.50 bits per heavy atom. The molecule has 86 valence electrons. The Morgan fingerprint density at radius 2 is 2.19 bits per heavy atom. The molecule has 0 aromatic heterocycles. The summed E-state index contributed by atoms with van der Waals surface area (Å²) in [7, 11) is 0. The van der Waals surface area contributed by atoms with Crippen LogP contribution in [0.15, 0.2) is 18.2 Å². The molecule has 16 heavy (non-hydrogen) atoms. The van der Waals surface area contributed by atoms with Crippen LogP contribution in [0.3, 0.4) is 0 Å². The molecule has 1 rings (SSSR count). The first-order chi connectivity index (χ1) is 7.48. The highest BCUT2D eigenvalue weighted by Crippen LogP contribution is 2.22. The summed E-state index contributed by atoms with van der Waals surface area (Å²) in [6.07, 6.45) is 0. The molecule has 2 N–H and O–H groups in total. The van der Waals surface area contributed by atoms with Gasteiger partial charge in [0.1, 0.15) is 6.07 Å². The molecule has 0 aliphatic rings. The molecule has 0 atom stereocenters. The standard InChI is InChI=1S/C12H15ClN2O/c1-12(2,8-16)7-15-11-4-3-10(13)5-9(11)6-14/h3-5,15-16H,7-8H2,1-2H3. The van der Waals surface area contributed by atoms with Gasteiger partial charge in [-0.05, 0) is 18.2 Å². The summed E-state index contributed by atoms with van der Waals surface area (Å²) in [4.78, 5) is 0. The molecule has 0 aliphatic carbocycles. The fourth-order valence-corrected chi connectivity index (χ4v) is 1.33. The second kappa shape index (κ2) is 5.20. The second-order valence-electron chi connectivity index (χ2n) is 4.48. The number of rotatable bonds is 4. The number of nitrogens with one attached hydrogen (secondary N) is 1. The summed E-state index contributed by atoms with van der Waals surface area (Å²) in [6, 6.07) is 7.21. The number of nitrogens with zero attached hydrogens (tertiary/aromatic N) is 1. The van der Waals surface area contributed by atoms with Gasteiger partial charge in [-0.3, -0.25) is 0 Å². The van der Waals surface area contributed by atoms with E-state index in [0.29, 0.717) is 17.1 Å². The number of aliphatic hydroxyl groups is 1. The van der Waals surface area contributed by atoms with E-state index in [1.807, 2.05) is 13.8 Å². The van der Waals surface area contributed by atoms with Crippen molar-refractivity contribution in [2.24, 2.45) is 5.41 Å². The molecule has 1 aromatic rings. The average molecular weight is 239 g/mol. The molecule has 0 saturated carbocycles. The smallest absolute Gasteiger partial charge is 0.101 e. The number of halogens is 1. The number of aliphatic hydroxyl groups excluding tert-OH is 1. The first-order valence-corrected chi connectivity index (χ1v) is 5.41. The lowest BCUT2D eigenvalue weighted by atomic mass is 9.95. The van der Waals surface area contributed by atoms with Crippen LogP contribution in [-0.2, 0) is 0 Å². The van der Waals surface area contributed by atoms with Gasteiger partial charge in [-0.1, -0.05) is 25.4 Å². The summed E-state index contributed by atoms with van der Waals surface area (Å²) < 4.78 is 0. The number of anilines is 1. The molecule has 0 saturated heterocycles. The van der Waals surface area contributed by atoms with Crippen LogP contribution in [0.4, 0.5) is 5.69 Å². The van der Waals surface area contributed by atoms with Crippen molar-refractivity contribution in [3.8, 4) is 6.07 Å². The molecule has 0 heterocycles. The van der Waals surface area contributed by atoms with Gasteiger partial charge in [-0.2, -0.15) is 5.26 Å². The third kappa shape index (κ3) is 3.41. The van der Waals surface area contributed by atoms with E-state index < -0.39 is 0 Å². The van der Waals surface area contributed by atoms with Gasteiger partial charge in [-0.25, -0.2) is 0 Å². The van der Waals surface area contributed by atoms with Crippen molar-refractivity contribution in [2.45, 2.75) is 13.8 Å². The highest BCUT2D eigenvalue weighted by atomic mass is 35.5. The molecular weight excluding hydrogens is 224 g/mol. The van der Waals surface area contributed by atoms with Crippen LogP contribution < -0.4 is 5.32 Å². The molecule has 3 nitrogen and oxygen atoms in total. The molecule has 0 radical (unpaired) electrons. The van der Waals surface area contributed by atoms with Crippen molar-refractivity contribution in [3.05, 3.63) is 28.8 Å². The molecule has 1 aromatic carbocycles. The van der Waals surface area contributed by atoms with Gasteiger partial charge in [-0.15, -0.1) is 0 Å². The van der Waals surface area contributed by atoms with E-state index in [1.165, 1.54) is 0 Å². The largest absolute Gasteiger partial charge is 0.396 e. The molecule has 0 bridgehead atoms. The molecular formula is C12H15ClN2O. The minimum Gasteiger partial charge on any atom is -0.396 e. The van der Waals surface area contributed by atoms with Crippen LogP contribution in [-0.4, -0.2) is 18.3 Å². The van der Waals surface area contributed by atoms with Gasteiger partial charge >= 0.3 is 0 Å². The summed E-state index contributed by atoms with van der Waals surface area (Å²) in [5.74, 6) is 0. The van der Waals surface area contributed by atoms with Crippen molar-refractivity contribution in [3.63, 3.8) is 0 Å². The van der Waals surface area contributed by atoms with E-state index in [9.17, 15) is 0 Å². The van der Waals surface area contributed by atoms with E-state index >= 15 is 0 Å². The lowest BCUT2D eigenvalue weighted by Gasteiger charge is -2.22. The fourth-order valence-electron chi connectivity index (χ4n) is 1.15. The van der Waals surface area contributed by atoms with Crippen LogP contribution in [0.2, 0.25) is 5.02 Å². The summed E-state index contributed by atoms with van der Waals surface area (Å²) in [5.41, 5.74) is 1.04. The Balaban J connectivity index is 2.79. The number of hydrogen-bond donors (Lipinski definition) is 2. The van der Waals surface area contributed by atoms with Crippen molar-refractivity contribution in [1.82, 2.24) is 0 Å². The number of hydrogen-bond acceptors (Lipinski definition) is 3. The predicted molar refractivity (Wildman–Crippen MR) is 65.5 cm³/mol. The quantitative estimate of drug-likeness (QED) is 0.848. The van der Waals surface area contributed by atoms with Crippen LogP contribution in [0.5, 0.6) is 0 Å². The van der Waals surface area contributed by atoms with Gasteiger partial charge in [0.25, 0.3) is 0 Å². The molecule has 0 spiro atoms. The Labute approximate surface area is 101 Å². The summed E-state index contributed by atoms with van der Waals surface area (Å²) in [5, 5.41) is 21.7. The zero-order chi connectivity index (χ0) is 12.2. The number of benzene rings is 1. The first kappa shape index (κ1) is 12.8. The van der Waals surface area contributed by atoms with Crippen molar-refractivity contribution < 1.29 is 5.11 Å². The Hall–Kier alpha value is -1.24. The molecule has 0 fully saturated rings. The summed E-state index contributed by atoms with van der Waals surface area (Å²) in [6.45, 7) is 4.58. The van der Waals surface area contributed by atoms with Crippen molar-refractivity contribution >= 4 is 17.3 Å². The molecule has 4 heteroatoms. The zero-order valence-electron chi connectivity index (χ0n) is 9.42. The molecule has 0 aliphatic heterocycles. The van der Waals surface area contributed by atoms with Gasteiger partial charge in [0.2, 0.25) is 0 Å². The lowest BCUT2D eigenvalue weighted by molar-refractivity contribution is 0.171. The maximum atomic E-state index is 9.12. The second-order valence-corrected chi connectivity index (χ2v) is 4.91. The minimum absolute atomic E-state index is 0.0927. The van der Waals surface area contributed by atoms with Crippen LogP contribution in [0, 0.1) is 16.7 Å². The maximum absolute atomic E-state index is 9.12. The Bertz CT molecular complexity index is 410. The Kier molecular flexibility index (Phi) is 4.17. The van der Waals surface area contributed by atoms with E-state index in [2.05, 4.69) is 11.4 Å². The maximum Gasteiger partial charge on any atom is 0.101 e. The highest BCUT2D eigenvalue weighted by molar-refractivity contribution is 6.30. The normalized spacial score (nSPS) is 10.9. The lowest BCUT2D eigenvalue weighted by Crippen LogP contribution is -2.27. The SMILES string of the molecule is CC(C)(CO)CNc1ccc(Cl)cc1C#N. The van der Waals surface area contributed by atoms with E-state index in [4.69, 9.17) is 22.0 Å². The highest BCUT2D eigenvalue weighted by Gasteiger charge is 2.16. The van der Waals surface area contributed by atoms with Crippen molar-refractivity contribution in [1.29, 1.82) is 5.26 Å². The van der Waals surface area contributed by atoms with Crippen LogP contribution >= 0.6 is 11.6 Å². The van der Waals surface area contributed by atoms with E-state index in [0.717, 1.165) is 5.69 Å². The van der Waals surface area contributed by atoms with E-state index in [-0.39, 0.29) is 12.0 Å². The zero-order valence-corrected chi connectivity index (χ0v) is 10.2. The van der Waals surface area contributed by atoms with Gasteiger partial charge in [0, 0.05) is 23.6 Å². The summed E-state index contributed by atoms with van der Waals surface area (Å²) >= 11 is 5.79. The average Bonchev–Trinajstić information content (AvgIpc) is 2.27. The van der Waals surface area contributed by atoms with Crippen molar-refractivity contribution in [2.75, 3.05) is 18.5 Å². The van der Waals surface area contributed by atoms with E-state index in [1.54, 1.807) is 18.2 Å². The third-order valence-corrected chi connectivity index (χ3v) is 2.52. The van der Waals surface area contributed by atoms with Crippen LogP contribution in [0.25, 0.3) is 0 Å². The number of nitriles is 1. The minimum atomic E-state index is -0.216. The van der Waals surface area contributed by atoms with Gasteiger partial charge in [0.05, 0.1) is 11.3 Å². The van der Waals surface area contributed by atoms with Gasteiger partial charge < -0.3 is 10.4 Å².